The molecular formula is C21H25N. The van der Waals surface area contributed by atoms with Crippen LogP contribution in [0.15, 0.2) is 60.7 Å². The fraction of sp³-hybridized carbons (Fsp3) is 0.429. The van der Waals surface area contributed by atoms with Crippen LogP contribution in [0.3, 0.4) is 0 Å². The molecule has 0 radical (unpaired) electrons. The van der Waals surface area contributed by atoms with Gasteiger partial charge in [-0.15, -0.1) is 0 Å². The summed E-state index contributed by atoms with van der Waals surface area (Å²) in [5.41, 5.74) is 2.89. The molecule has 0 N–H and O–H groups in total. The lowest BCUT2D eigenvalue weighted by Gasteiger charge is -2.23. The fourth-order valence-corrected chi connectivity index (χ4v) is 4.40. The molecule has 0 saturated heterocycles. The van der Waals surface area contributed by atoms with E-state index in [0.29, 0.717) is 0 Å². The van der Waals surface area contributed by atoms with E-state index in [-0.39, 0.29) is 0 Å². The first kappa shape index (κ1) is 14.0. The summed E-state index contributed by atoms with van der Waals surface area (Å²) in [5.74, 6) is 1.95. The van der Waals surface area contributed by atoms with Crippen molar-refractivity contribution in [2.75, 3.05) is 0 Å². The smallest absolute Gasteiger partial charge is 0.0240 e. The summed E-state index contributed by atoms with van der Waals surface area (Å²) >= 11 is 0. The van der Waals surface area contributed by atoms with Gasteiger partial charge in [0, 0.05) is 19.1 Å². The zero-order chi connectivity index (χ0) is 14.8. The molecule has 1 heteroatoms. The Kier molecular flexibility index (Phi) is 3.99. The highest BCUT2D eigenvalue weighted by Gasteiger charge is 2.53. The number of benzene rings is 2. The second-order valence-electron chi connectivity index (χ2n) is 6.98. The molecule has 0 heterocycles. The summed E-state index contributed by atoms with van der Waals surface area (Å²) in [6.45, 7) is 2.18. The van der Waals surface area contributed by atoms with Crippen molar-refractivity contribution >= 4 is 0 Å². The number of rotatable bonds is 5. The largest absolute Gasteiger partial charge is 0.291 e. The molecule has 4 rings (SSSR count). The molecule has 0 aromatic heterocycles. The van der Waals surface area contributed by atoms with Gasteiger partial charge in [-0.05, 0) is 35.8 Å². The first-order valence-corrected chi connectivity index (χ1v) is 8.74. The van der Waals surface area contributed by atoms with Gasteiger partial charge in [0.25, 0.3) is 0 Å². The van der Waals surface area contributed by atoms with Gasteiger partial charge in [0.2, 0.25) is 0 Å². The maximum absolute atomic E-state index is 2.74. The number of fused-ring (bicyclic) bond motifs is 1. The van der Waals surface area contributed by atoms with Crippen molar-refractivity contribution in [3.63, 3.8) is 0 Å². The molecule has 0 amide bonds. The summed E-state index contributed by atoms with van der Waals surface area (Å²) in [5, 5.41) is 0. The molecule has 0 aliphatic heterocycles. The summed E-state index contributed by atoms with van der Waals surface area (Å²) in [6.07, 6.45) is 5.80. The molecule has 22 heavy (non-hydrogen) atoms. The summed E-state index contributed by atoms with van der Waals surface area (Å²) in [6, 6.07) is 22.8. The third-order valence-corrected chi connectivity index (χ3v) is 5.49. The van der Waals surface area contributed by atoms with Crippen LogP contribution in [-0.4, -0.2) is 10.9 Å². The standard InChI is InChI=1S/C21H25N/c1-3-9-17(10-4-1)15-22(16-18-11-5-2-6-12-18)21-19-13-7-8-14-20(19)21/h1-6,9-12,19-21H,7-8,13-16H2. The molecule has 2 aromatic rings. The van der Waals surface area contributed by atoms with Gasteiger partial charge in [0.1, 0.15) is 0 Å². The Balaban J connectivity index is 1.52. The SMILES string of the molecule is c1ccc(CN(Cc2ccccc2)C2C3CCCCC32)cc1. The van der Waals surface area contributed by atoms with Crippen LogP contribution in [0.1, 0.15) is 36.8 Å². The minimum Gasteiger partial charge on any atom is -0.291 e. The molecule has 1 nitrogen and oxygen atoms in total. The number of nitrogens with zero attached hydrogens (tertiary/aromatic N) is 1. The molecule has 2 unspecified atom stereocenters. The van der Waals surface area contributed by atoms with Crippen molar-refractivity contribution in [1.29, 1.82) is 0 Å². The van der Waals surface area contributed by atoms with Gasteiger partial charge in [0.05, 0.1) is 0 Å². The van der Waals surface area contributed by atoms with Crippen molar-refractivity contribution in [2.24, 2.45) is 11.8 Å². The third-order valence-electron chi connectivity index (χ3n) is 5.49. The number of hydrogen-bond acceptors (Lipinski definition) is 1. The van der Waals surface area contributed by atoms with E-state index < -0.39 is 0 Å². The van der Waals surface area contributed by atoms with E-state index in [1.165, 1.54) is 36.8 Å². The van der Waals surface area contributed by atoms with E-state index in [0.717, 1.165) is 31.0 Å². The molecule has 2 atom stereocenters. The Hall–Kier alpha value is -1.60. The molecule has 0 spiro atoms. The molecule has 2 aliphatic carbocycles. The van der Waals surface area contributed by atoms with Gasteiger partial charge in [0.15, 0.2) is 0 Å². The van der Waals surface area contributed by atoms with E-state index >= 15 is 0 Å². The van der Waals surface area contributed by atoms with Gasteiger partial charge in [-0.2, -0.15) is 0 Å². The quantitative estimate of drug-likeness (QED) is 0.759. The molecule has 2 aliphatic rings. The normalized spacial score (nSPS) is 26.7. The monoisotopic (exact) mass is 291 g/mol. The zero-order valence-corrected chi connectivity index (χ0v) is 13.2. The van der Waals surface area contributed by atoms with Crippen molar-refractivity contribution in [3.8, 4) is 0 Å². The van der Waals surface area contributed by atoms with Crippen LogP contribution >= 0.6 is 0 Å². The Morgan fingerprint density at radius 3 is 1.59 bits per heavy atom. The Morgan fingerprint density at radius 2 is 1.14 bits per heavy atom. The van der Waals surface area contributed by atoms with E-state index in [1.807, 2.05) is 0 Å². The molecule has 0 bridgehead atoms. The second kappa shape index (κ2) is 6.26. The van der Waals surface area contributed by atoms with Gasteiger partial charge in [-0.25, -0.2) is 0 Å². The zero-order valence-electron chi connectivity index (χ0n) is 13.2. The minimum atomic E-state index is 0.822. The highest BCUT2D eigenvalue weighted by molar-refractivity contribution is 5.19. The van der Waals surface area contributed by atoms with E-state index in [2.05, 4.69) is 65.6 Å². The van der Waals surface area contributed by atoms with Gasteiger partial charge in [-0.3, -0.25) is 4.90 Å². The van der Waals surface area contributed by atoms with Gasteiger partial charge in [-0.1, -0.05) is 73.5 Å². The maximum atomic E-state index is 2.74. The predicted octanol–water partition coefficient (Wildman–Crippen LogP) is 4.88. The van der Waals surface area contributed by atoms with Crippen molar-refractivity contribution in [3.05, 3.63) is 71.8 Å². The lowest BCUT2D eigenvalue weighted by atomic mass is 10.0. The average molecular weight is 291 g/mol. The van der Waals surface area contributed by atoms with Crippen molar-refractivity contribution < 1.29 is 0 Å². The first-order chi connectivity index (χ1) is 10.9. The summed E-state index contributed by atoms with van der Waals surface area (Å²) < 4.78 is 0. The maximum Gasteiger partial charge on any atom is 0.0240 e. The van der Waals surface area contributed by atoms with Crippen LogP contribution in [0.25, 0.3) is 0 Å². The molecule has 2 saturated carbocycles. The highest BCUT2D eigenvalue weighted by atomic mass is 15.2. The molecule has 114 valence electrons. The Morgan fingerprint density at radius 1 is 0.682 bits per heavy atom. The number of hydrogen-bond donors (Lipinski definition) is 0. The van der Waals surface area contributed by atoms with Gasteiger partial charge >= 0.3 is 0 Å². The topological polar surface area (TPSA) is 3.24 Å². The van der Waals surface area contributed by atoms with Gasteiger partial charge < -0.3 is 0 Å². The highest BCUT2D eigenvalue weighted by Crippen LogP contribution is 2.53. The molecule has 2 fully saturated rings. The third kappa shape index (κ3) is 2.96. The second-order valence-corrected chi connectivity index (χ2v) is 6.98. The molecule has 2 aromatic carbocycles. The lowest BCUT2D eigenvalue weighted by molar-refractivity contribution is 0.226. The molecular weight excluding hydrogens is 266 g/mol. The Bertz CT molecular complexity index is 538. The van der Waals surface area contributed by atoms with Crippen molar-refractivity contribution in [2.45, 2.75) is 44.8 Å². The van der Waals surface area contributed by atoms with E-state index in [1.54, 1.807) is 0 Å². The van der Waals surface area contributed by atoms with Crippen LogP contribution in [0.2, 0.25) is 0 Å². The van der Waals surface area contributed by atoms with E-state index in [4.69, 9.17) is 0 Å². The summed E-state index contributed by atoms with van der Waals surface area (Å²) in [7, 11) is 0. The summed E-state index contributed by atoms with van der Waals surface area (Å²) in [4.78, 5) is 2.74. The first-order valence-electron chi connectivity index (χ1n) is 8.74. The van der Waals surface area contributed by atoms with E-state index in [9.17, 15) is 0 Å². The minimum absolute atomic E-state index is 0.822. The van der Waals surface area contributed by atoms with Crippen LogP contribution in [0.4, 0.5) is 0 Å². The predicted molar refractivity (Wildman–Crippen MR) is 91.4 cm³/mol. The van der Waals surface area contributed by atoms with Crippen LogP contribution in [-0.2, 0) is 13.1 Å². The Labute approximate surface area is 134 Å². The van der Waals surface area contributed by atoms with Crippen LogP contribution in [0.5, 0.6) is 0 Å². The fourth-order valence-electron chi connectivity index (χ4n) is 4.40. The van der Waals surface area contributed by atoms with Crippen LogP contribution in [0, 0.1) is 11.8 Å². The average Bonchev–Trinajstić information content (AvgIpc) is 3.30. The lowest BCUT2D eigenvalue weighted by Crippen LogP contribution is -2.27. The van der Waals surface area contributed by atoms with Crippen molar-refractivity contribution in [1.82, 2.24) is 4.90 Å². The van der Waals surface area contributed by atoms with Crippen LogP contribution < -0.4 is 0 Å².